The van der Waals surface area contributed by atoms with E-state index in [4.69, 9.17) is 0 Å². The fourth-order valence-electron chi connectivity index (χ4n) is 3.93. The van der Waals surface area contributed by atoms with Crippen molar-refractivity contribution in [3.63, 3.8) is 0 Å². The van der Waals surface area contributed by atoms with Gasteiger partial charge in [-0.3, -0.25) is 9.59 Å². The maximum Gasteiger partial charge on any atom is 0.231 e. The molecule has 2 aliphatic rings. The highest BCUT2D eigenvalue weighted by atomic mass is 32.1. The van der Waals surface area contributed by atoms with E-state index in [9.17, 15) is 9.59 Å². The van der Waals surface area contributed by atoms with Crippen LogP contribution in [-0.2, 0) is 9.59 Å². The van der Waals surface area contributed by atoms with Crippen molar-refractivity contribution in [1.29, 1.82) is 0 Å². The molecule has 1 aromatic carbocycles. The van der Waals surface area contributed by atoms with Gasteiger partial charge in [0.15, 0.2) is 5.01 Å². The maximum absolute atomic E-state index is 12.7. The smallest absolute Gasteiger partial charge is 0.231 e. The van der Waals surface area contributed by atoms with Gasteiger partial charge in [-0.25, -0.2) is 0 Å². The van der Waals surface area contributed by atoms with E-state index in [0.717, 1.165) is 28.7 Å². The first-order chi connectivity index (χ1) is 14.7. The average molecular weight is 440 g/mol. The topological polar surface area (TPSA) is 78.4 Å². The number of aromatic nitrogens is 2. The highest BCUT2D eigenvalue weighted by Crippen LogP contribution is 2.32. The predicted molar refractivity (Wildman–Crippen MR) is 120 cm³/mol. The van der Waals surface area contributed by atoms with Crippen LogP contribution in [-0.4, -0.2) is 41.6 Å². The van der Waals surface area contributed by atoms with Crippen molar-refractivity contribution >= 4 is 51.0 Å². The quantitative estimate of drug-likeness (QED) is 0.653. The van der Waals surface area contributed by atoms with Crippen LogP contribution in [0.25, 0.3) is 9.88 Å². The second-order valence-corrected chi connectivity index (χ2v) is 9.42. The lowest BCUT2D eigenvalue weighted by molar-refractivity contribution is -0.122. The van der Waals surface area contributed by atoms with Gasteiger partial charge in [-0.15, -0.1) is 21.5 Å². The molecule has 0 spiro atoms. The molecule has 1 unspecified atom stereocenters. The molecule has 3 aromatic rings. The first kappa shape index (κ1) is 19.2. The lowest BCUT2D eigenvalue weighted by atomic mass is 10.1. The van der Waals surface area contributed by atoms with E-state index in [2.05, 4.69) is 32.5 Å². The third kappa shape index (κ3) is 3.82. The number of rotatable bonds is 5. The van der Waals surface area contributed by atoms with Crippen molar-refractivity contribution in [2.45, 2.75) is 19.3 Å². The van der Waals surface area contributed by atoms with Crippen LogP contribution in [0, 0.1) is 5.92 Å². The third-order valence-corrected chi connectivity index (χ3v) is 7.39. The molecule has 7 nitrogen and oxygen atoms in total. The van der Waals surface area contributed by atoms with E-state index < -0.39 is 5.92 Å². The highest BCUT2D eigenvalue weighted by Gasteiger charge is 2.35. The van der Waals surface area contributed by atoms with Gasteiger partial charge in [0, 0.05) is 37.4 Å². The third-order valence-electron chi connectivity index (χ3n) is 5.52. The van der Waals surface area contributed by atoms with Crippen molar-refractivity contribution in [1.82, 2.24) is 10.2 Å². The van der Waals surface area contributed by atoms with Gasteiger partial charge in [0.2, 0.25) is 16.9 Å². The second kappa shape index (κ2) is 8.16. The number of carbonyl (C=O) groups is 2. The largest absolute Gasteiger partial charge is 0.372 e. The molecule has 2 saturated heterocycles. The summed E-state index contributed by atoms with van der Waals surface area (Å²) in [6.45, 7) is 2.55. The second-order valence-electron chi connectivity index (χ2n) is 7.49. The molecule has 0 aliphatic carbocycles. The normalized spacial score (nSPS) is 18.9. The van der Waals surface area contributed by atoms with Crippen LogP contribution in [0.5, 0.6) is 0 Å². The number of hydrogen-bond acceptors (Lipinski definition) is 7. The Morgan fingerprint density at radius 1 is 1.07 bits per heavy atom. The Hall–Kier alpha value is -2.78. The number of hydrogen-bond donors (Lipinski definition) is 1. The zero-order valence-electron chi connectivity index (χ0n) is 16.3. The summed E-state index contributed by atoms with van der Waals surface area (Å²) < 4.78 is 0. The zero-order chi connectivity index (χ0) is 20.5. The Labute approximate surface area is 182 Å². The highest BCUT2D eigenvalue weighted by molar-refractivity contribution is 7.23. The van der Waals surface area contributed by atoms with Gasteiger partial charge < -0.3 is 15.1 Å². The summed E-state index contributed by atoms with van der Waals surface area (Å²) in [5, 5.41) is 14.3. The molecule has 5 rings (SSSR count). The monoisotopic (exact) mass is 439 g/mol. The SMILES string of the molecule is O=C(Nc1nnc(-c2cccs2)s1)C1CC(=O)N(c2ccc(N3CCCC3)cc2)C1. The number of amides is 2. The fourth-order valence-corrected chi connectivity index (χ4v) is 5.47. The number of nitrogens with zero attached hydrogens (tertiary/aromatic N) is 4. The molecule has 1 atom stereocenters. The molecule has 9 heteroatoms. The Morgan fingerprint density at radius 2 is 1.83 bits per heavy atom. The minimum Gasteiger partial charge on any atom is -0.372 e. The fraction of sp³-hybridized carbons (Fsp3) is 0.333. The van der Waals surface area contributed by atoms with Gasteiger partial charge in [-0.05, 0) is 48.6 Å². The molecule has 0 bridgehead atoms. The summed E-state index contributed by atoms with van der Waals surface area (Å²) >= 11 is 2.92. The maximum atomic E-state index is 12.7. The summed E-state index contributed by atoms with van der Waals surface area (Å²) in [4.78, 5) is 30.3. The van der Waals surface area contributed by atoms with Crippen molar-refractivity contribution in [3.05, 3.63) is 41.8 Å². The van der Waals surface area contributed by atoms with E-state index in [-0.39, 0.29) is 18.2 Å². The molecule has 30 heavy (non-hydrogen) atoms. The van der Waals surface area contributed by atoms with Gasteiger partial charge in [-0.1, -0.05) is 17.4 Å². The molecular weight excluding hydrogens is 418 g/mol. The number of thiophene rings is 1. The number of carbonyl (C=O) groups excluding carboxylic acids is 2. The summed E-state index contributed by atoms with van der Waals surface area (Å²) in [5.74, 6) is -0.612. The van der Waals surface area contributed by atoms with E-state index >= 15 is 0 Å². The number of nitrogens with one attached hydrogen (secondary N) is 1. The van der Waals surface area contributed by atoms with Crippen LogP contribution in [0.1, 0.15) is 19.3 Å². The molecule has 2 aliphatic heterocycles. The summed E-state index contributed by atoms with van der Waals surface area (Å²) in [6.07, 6.45) is 2.66. The van der Waals surface area contributed by atoms with E-state index in [1.807, 2.05) is 29.6 Å². The van der Waals surface area contributed by atoms with Crippen LogP contribution in [0.2, 0.25) is 0 Å². The van der Waals surface area contributed by atoms with Gasteiger partial charge in [0.05, 0.1) is 10.8 Å². The molecule has 4 heterocycles. The number of anilines is 3. The first-order valence-corrected chi connectivity index (χ1v) is 11.7. The molecular formula is C21H21N5O2S2. The Morgan fingerprint density at radius 3 is 2.57 bits per heavy atom. The minimum absolute atomic E-state index is 0.0272. The van der Waals surface area contributed by atoms with Crippen LogP contribution in [0.3, 0.4) is 0 Å². The number of benzene rings is 1. The van der Waals surface area contributed by atoms with Gasteiger partial charge in [0.1, 0.15) is 0 Å². The van der Waals surface area contributed by atoms with Gasteiger partial charge in [0.25, 0.3) is 0 Å². The van der Waals surface area contributed by atoms with Gasteiger partial charge >= 0.3 is 0 Å². The van der Waals surface area contributed by atoms with E-state index in [0.29, 0.717) is 11.7 Å². The van der Waals surface area contributed by atoms with Crippen LogP contribution < -0.4 is 15.1 Å². The first-order valence-electron chi connectivity index (χ1n) is 10.0. The molecule has 2 amide bonds. The lowest BCUT2D eigenvalue weighted by Crippen LogP contribution is -2.28. The molecule has 1 N–H and O–H groups in total. The molecule has 2 aromatic heterocycles. The van der Waals surface area contributed by atoms with Crippen molar-refractivity contribution in [2.24, 2.45) is 5.92 Å². The molecule has 154 valence electrons. The average Bonchev–Trinajstić information content (AvgIpc) is 3.54. The summed E-state index contributed by atoms with van der Waals surface area (Å²) in [6, 6.07) is 12.0. The molecule has 2 fully saturated rings. The van der Waals surface area contributed by atoms with Gasteiger partial charge in [-0.2, -0.15) is 0 Å². The van der Waals surface area contributed by atoms with Crippen LogP contribution >= 0.6 is 22.7 Å². The van der Waals surface area contributed by atoms with E-state index in [1.54, 1.807) is 16.2 Å². The Bertz CT molecular complexity index is 1040. The van der Waals surface area contributed by atoms with Crippen molar-refractivity contribution in [2.75, 3.05) is 34.8 Å². The van der Waals surface area contributed by atoms with E-state index in [1.165, 1.54) is 29.9 Å². The minimum atomic E-state index is -0.398. The summed E-state index contributed by atoms with van der Waals surface area (Å²) in [7, 11) is 0. The van der Waals surface area contributed by atoms with Crippen LogP contribution in [0.15, 0.2) is 41.8 Å². The Kier molecular flexibility index (Phi) is 5.22. The molecule has 0 saturated carbocycles. The molecule has 0 radical (unpaired) electrons. The van der Waals surface area contributed by atoms with Crippen LogP contribution in [0.4, 0.5) is 16.5 Å². The Balaban J connectivity index is 1.23. The van der Waals surface area contributed by atoms with Crippen molar-refractivity contribution < 1.29 is 9.59 Å². The standard InChI is InChI=1S/C21H21N5O2S2/c27-18-12-14(19(28)22-21-24-23-20(30-21)17-4-3-11-29-17)13-26(18)16-7-5-15(6-8-16)25-9-1-2-10-25/h3-8,11,14H,1-2,9-10,12-13H2,(H,22,24,28). The predicted octanol–water partition coefficient (Wildman–Crippen LogP) is 3.86. The lowest BCUT2D eigenvalue weighted by Gasteiger charge is -2.20. The summed E-state index contributed by atoms with van der Waals surface area (Å²) in [5.41, 5.74) is 2.03. The zero-order valence-corrected chi connectivity index (χ0v) is 17.9. The van der Waals surface area contributed by atoms with Crippen molar-refractivity contribution in [3.8, 4) is 9.88 Å².